The molecule has 0 aliphatic heterocycles. The second-order valence-electron chi connectivity index (χ2n) is 8.78. The maximum Gasteiger partial charge on any atom is 0.0462 e. The van der Waals surface area contributed by atoms with Crippen molar-refractivity contribution in [3.63, 3.8) is 0 Å². The molecule has 0 aromatic heterocycles. The highest BCUT2D eigenvalue weighted by atomic mass is 79.9. The molecule has 0 aliphatic carbocycles. The Labute approximate surface area is 268 Å². The van der Waals surface area contributed by atoms with E-state index in [2.05, 4.69) is 131 Å². The van der Waals surface area contributed by atoms with Crippen LogP contribution in [0.3, 0.4) is 0 Å². The van der Waals surface area contributed by atoms with E-state index in [0.29, 0.717) is 0 Å². The lowest BCUT2D eigenvalue weighted by Gasteiger charge is -2.25. The molecule has 0 radical (unpaired) electrons. The number of nitrogens with zero attached hydrogens (tertiary/aromatic N) is 1. The van der Waals surface area contributed by atoms with Crippen molar-refractivity contribution < 1.29 is 0 Å². The summed E-state index contributed by atoms with van der Waals surface area (Å²) in [4.78, 5) is 2.24. The summed E-state index contributed by atoms with van der Waals surface area (Å²) in [6.45, 7) is 0. The van der Waals surface area contributed by atoms with Crippen LogP contribution in [-0.2, 0) is 0 Å². The number of benzene rings is 6. The van der Waals surface area contributed by atoms with Gasteiger partial charge >= 0.3 is 0 Å². The minimum Gasteiger partial charge on any atom is -0.356 e. The number of anilines is 5. The van der Waals surface area contributed by atoms with Crippen molar-refractivity contribution in [1.29, 1.82) is 0 Å². The summed E-state index contributed by atoms with van der Waals surface area (Å²) in [5.74, 6) is 0. The van der Waals surface area contributed by atoms with Crippen LogP contribution < -0.4 is 10.2 Å². The Hall–Kier alpha value is -3.64. The predicted octanol–water partition coefficient (Wildman–Crippen LogP) is 12.6. The molecule has 0 atom stereocenters. The first-order chi connectivity index (χ1) is 20.1. The van der Waals surface area contributed by atoms with Crippen LogP contribution in [0.25, 0.3) is 0 Å². The minimum absolute atomic E-state index is 1.09. The molecule has 6 aromatic rings. The molecule has 0 fully saturated rings. The Morgan fingerprint density at radius 3 is 0.927 bits per heavy atom. The summed E-state index contributed by atoms with van der Waals surface area (Å²) < 4.78 is 3.31. The third-order valence-corrected chi connectivity index (χ3v) is 7.34. The summed E-state index contributed by atoms with van der Waals surface area (Å²) in [5, 5.41) is 3.30. The van der Waals surface area contributed by atoms with Crippen molar-refractivity contribution >= 4 is 76.2 Å². The first-order valence-electron chi connectivity index (χ1n) is 13.0. The van der Waals surface area contributed by atoms with Crippen molar-refractivity contribution in [3.8, 4) is 0 Å². The van der Waals surface area contributed by atoms with E-state index in [1.165, 1.54) is 0 Å². The lowest BCUT2D eigenvalue weighted by atomic mass is 10.2. The largest absolute Gasteiger partial charge is 0.356 e. The molecular weight excluding hydrogens is 700 g/mol. The standard InChI is InChI=1S/C18H14BrN.C12H11N.C6H4Br2/c19-15-11-13-18(14-12-15)20(16-7-3-1-4-8-16)17-9-5-2-6-10-17;1-3-7-11(8-4-1)13-12-9-5-2-6-10-12;7-5-1-2-6(8)4-3-5/h1-14H;1-10,13H;1-4H. The fourth-order valence-electron chi connectivity index (χ4n) is 3.83. The van der Waals surface area contributed by atoms with Crippen LogP contribution in [0, 0.1) is 0 Å². The zero-order chi connectivity index (χ0) is 28.7. The molecule has 0 amide bonds. The molecule has 0 saturated heterocycles. The fraction of sp³-hybridized carbons (Fsp3) is 0. The molecule has 0 unspecified atom stereocenters. The molecule has 0 spiro atoms. The zero-order valence-electron chi connectivity index (χ0n) is 22.2. The van der Waals surface area contributed by atoms with Crippen LogP contribution in [0.2, 0.25) is 0 Å². The summed E-state index contributed by atoms with van der Waals surface area (Å²) >= 11 is 10.1. The van der Waals surface area contributed by atoms with E-state index in [-0.39, 0.29) is 0 Å². The van der Waals surface area contributed by atoms with Gasteiger partial charge in [-0.2, -0.15) is 0 Å². The van der Waals surface area contributed by atoms with Gasteiger partial charge in [0, 0.05) is 41.9 Å². The predicted molar refractivity (Wildman–Crippen MR) is 187 cm³/mol. The van der Waals surface area contributed by atoms with E-state index in [4.69, 9.17) is 0 Å². The van der Waals surface area contributed by atoms with E-state index in [0.717, 1.165) is 41.9 Å². The number of hydrogen-bond donors (Lipinski definition) is 1. The summed E-state index contributed by atoms with van der Waals surface area (Å²) in [5.41, 5.74) is 5.69. The van der Waals surface area contributed by atoms with Crippen LogP contribution in [0.4, 0.5) is 28.4 Å². The highest BCUT2D eigenvalue weighted by molar-refractivity contribution is 9.11. The van der Waals surface area contributed by atoms with Gasteiger partial charge in [-0.15, -0.1) is 0 Å². The normalized spacial score (nSPS) is 9.83. The van der Waals surface area contributed by atoms with Gasteiger partial charge in [0.25, 0.3) is 0 Å². The Kier molecular flexibility index (Phi) is 12.3. The quantitative estimate of drug-likeness (QED) is 0.190. The van der Waals surface area contributed by atoms with Crippen molar-refractivity contribution in [3.05, 3.63) is 183 Å². The molecule has 0 aliphatic rings. The minimum atomic E-state index is 1.09. The van der Waals surface area contributed by atoms with E-state index < -0.39 is 0 Å². The third-order valence-electron chi connectivity index (χ3n) is 5.75. The lowest BCUT2D eigenvalue weighted by molar-refractivity contribution is 1.28. The van der Waals surface area contributed by atoms with Crippen LogP contribution in [0.1, 0.15) is 0 Å². The highest BCUT2D eigenvalue weighted by Gasteiger charge is 2.10. The van der Waals surface area contributed by atoms with E-state index in [9.17, 15) is 0 Å². The van der Waals surface area contributed by atoms with Gasteiger partial charge in [-0.25, -0.2) is 0 Å². The average Bonchev–Trinajstić information content (AvgIpc) is 3.03. The van der Waals surface area contributed by atoms with Crippen LogP contribution in [0.15, 0.2) is 183 Å². The molecule has 6 rings (SSSR count). The van der Waals surface area contributed by atoms with Crippen molar-refractivity contribution in [1.82, 2.24) is 0 Å². The molecule has 2 nitrogen and oxygen atoms in total. The first kappa shape index (κ1) is 30.3. The average molecular weight is 729 g/mol. The van der Waals surface area contributed by atoms with Gasteiger partial charge in [-0.05, 0) is 97.1 Å². The van der Waals surface area contributed by atoms with Gasteiger partial charge in [-0.1, -0.05) is 121 Å². The van der Waals surface area contributed by atoms with Gasteiger partial charge in [0.2, 0.25) is 0 Å². The van der Waals surface area contributed by atoms with Crippen LogP contribution in [-0.4, -0.2) is 0 Å². The summed E-state index contributed by atoms with van der Waals surface area (Å²) in [6, 6.07) is 57.4. The molecule has 0 saturated carbocycles. The Bertz CT molecular complexity index is 1450. The smallest absolute Gasteiger partial charge is 0.0462 e. The van der Waals surface area contributed by atoms with E-state index in [1.807, 2.05) is 97.1 Å². The fourth-order valence-corrected chi connectivity index (χ4v) is 4.62. The van der Waals surface area contributed by atoms with E-state index in [1.54, 1.807) is 0 Å². The molecule has 6 aromatic carbocycles. The molecule has 1 N–H and O–H groups in total. The molecule has 41 heavy (non-hydrogen) atoms. The number of rotatable bonds is 5. The Morgan fingerprint density at radius 2 is 0.585 bits per heavy atom. The molecular formula is C36H29Br3N2. The second-order valence-corrected chi connectivity index (χ2v) is 11.5. The van der Waals surface area contributed by atoms with Gasteiger partial charge in [0.05, 0.1) is 0 Å². The first-order valence-corrected chi connectivity index (χ1v) is 15.4. The van der Waals surface area contributed by atoms with E-state index >= 15 is 0 Å². The molecule has 0 heterocycles. The van der Waals surface area contributed by atoms with Crippen molar-refractivity contribution in [2.24, 2.45) is 0 Å². The Morgan fingerprint density at radius 1 is 0.317 bits per heavy atom. The van der Waals surface area contributed by atoms with Gasteiger partial charge < -0.3 is 10.2 Å². The van der Waals surface area contributed by atoms with Crippen LogP contribution in [0.5, 0.6) is 0 Å². The maximum atomic E-state index is 3.49. The number of halogens is 3. The summed E-state index contributed by atoms with van der Waals surface area (Å²) in [6.07, 6.45) is 0. The number of para-hydroxylation sites is 4. The van der Waals surface area contributed by atoms with Gasteiger partial charge in [0.15, 0.2) is 0 Å². The highest BCUT2D eigenvalue weighted by Crippen LogP contribution is 2.34. The Balaban J connectivity index is 0.000000158. The van der Waals surface area contributed by atoms with Gasteiger partial charge in [-0.3, -0.25) is 0 Å². The zero-order valence-corrected chi connectivity index (χ0v) is 27.0. The van der Waals surface area contributed by atoms with Crippen molar-refractivity contribution in [2.75, 3.05) is 10.2 Å². The molecule has 5 heteroatoms. The third kappa shape index (κ3) is 10.4. The number of nitrogens with one attached hydrogen (secondary N) is 1. The van der Waals surface area contributed by atoms with Gasteiger partial charge in [0.1, 0.15) is 0 Å². The van der Waals surface area contributed by atoms with Crippen molar-refractivity contribution in [2.45, 2.75) is 0 Å². The number of hydrogen-bond acceptors (Lipinski definition) is 2. The molecule has 204 valence electrons. The summed E-state index contributed by atoms with van der Waals surface area (Å²) in [7, 11) is 0. The maximum absolute atomic E-state index is 3.49. The molecule has 0 bridgehead atoms. The van der Waals surface area contributed by atoms with Crippen LogP contribution >= 0.6 is 47.8 Å². The lowest BCUT2D eigenvalue weighted by Crippen LogP contribution is -2.09. The topological polar surface area (TPSA) is 15.3 Å². The second kappa shape index (κ2) is 16.6. The SMILES string of the molecule is Brc1ccc(Br)cc1.Brc1ccc(N(c2ccccc2)c2ccccc2)cc1.c1ccc(Nc2ccccc2)cc1. The monoisotopic (exact) mass is 726 g/mol.